The van der Waals surface area contributed by atoms with Crippen molar-refractivity contribution in [2.75, 3.05) is 18.0 Å². The number of carbonyl (C=O) groups excluding carboxylic acids is 1. The highest BCUT2D eigenvalue weighted by molar-refractivity contribution is 5.71. The molecular formula is C13H16F3N3O. The number of nitrogens with one attached hydrogen (secondary N) is 1. The van der Waals surface area contributed by atoms with Crippen LogP contribution < -0.4 is 16.0 Å². The molecule has 0 spiro atoms. The number of hydrogen-bond donors (Lipinski definition) is 2. The van der Waals surface area contributed by atoms with Crippen molar-refractivity contribution in [2.45, 2.75) is 25.1 Å². The van der Waals surface area contributed by atoms with E-state index in [1.807, 2.05) is 4.90 Å². The molecule has 2 amide bonds. The molecule has 1 aromatic rings. The van der Waals surface area contributed by atoms with Crippen molar-refractivity contribution >= 4 is 11.7 Å². The fraction of sp³-hybridized carbons (Fsp3) is 0.462. The first kappa shape index (κ1) is 14.5. The summed E-state index contributed by atoms with van der Waals surface area (Å²) in [6.07, 6.45) is -2.51. The second kappa shape index (κ2) is 5.60. The van der Waals surface area contributed by atoms with Gasteiger partial charge in [-0.05, 0) is 37.1 Å². The molecule has 1 fully saturated rings. The van der Waals surface area contributed by atoms with Crippen LogP contribution in [-0.4, -0.2) is 25.2 Å². The lowest BCUT2D eigenvalue weighted by Gasteiger charge is -2.27. The topological polar surface area (TPSA) is 58.4 Å². The van der Waals surface area contributed by atoms with Gasteiger partial charge in [0.15, 0.2) is 0 Å². The van der Waals surface area contributed by atoms with Gasteiger partial charge >= 0.3 is 12.2 Å². The van der Waals surface area contributed by atoms with Crippen molar-refractivity contribution in [2.24, 2.45) is 5.73 Å². The molecule has 1 heterocycles. The molecular weight excluding hydrogens is 271 g/mol. The van der Waals surface area contributed by atoms with Crippen LogP contribution >= 0.6 is 0 Å². The number of anilines is 1. The summed E-state index contributed by atoms with van der Waals surface area (Å²) in [6, 6.07) is 4.55. The molecule has 20 heavy (non-hydrogen) atoms. The molecule has 3 N–H and O–H groups in total. The third-order valence-electron chi connectivity index (χ3n) is 3.42. The summed E-state index contributed by atoms with van der Waals surface area (Å²) >= 11 is 0. The Hall–Kier alpha value is -1.92. The summed E-state index contributed by atoms with van der Waals surface area (Å²) in [5.41, 5.74) is 5.10. The predicted molar refractivity (Wildman–Crippen MR) is 69.4 cm³/mol. The summed E-state index contributed by atoms with van der Waals surface area (Å²) in [7, 11) is 0. The zero-order valence-corrected chi connectivity index (χ0v) is 10.8. The Labute approximate surface area is 114 Å². The molecule has 0 aliphatic carbocycles. The van der Waals surface area contributed by atoms with Gasteiger partial charge in [0.1, 0.15) is 0 Å². The minimum Gasteiger partial charge on any atom is -0.367 e. The van der Waals surface area contributed by atoms with Gasteiger partial charge in [-0.2, -0.15) is 13.2 Å². The van der Waals surface area contributed by atoms with Gasteiger partial charge in [0, 0.05) is 24.8 Å². The Kier molecular flexibility index (Phi) is 4.06. The highest BCUT2D eigenvalue weighted by Gasteiger charge is 2.31. The highest BCUT2D eigenvalue weighted by Crippen LogP contribution is 2.32. The third kappa shape index (κ3) is 3.34. The molecule has 110 valence electrons. The van der Waals surface area contributed by atoms with Gasteiger partial charge in [-0.1, -0.05) is 0 Å². The monoisotopic (exact) mass is 287 g/mol. The van der Waals surface area contributed by atoms with E-state index in [1.165, 1.54) is 12.1 Å². The first-order chi connectivity index (χ1) is 9.38. The molecule has 1 unspecified atom stereocenters. The summed E-state index contributed by atoms with van der Waals surface area (Å²) in [6.45, 7) is 1.16. The van der Waals surface area contributed by atoms with Crippen LogP contribution in [0, 0.1) is 0 Å². The van der Waals surface area contributed by atoms with E-state index in [2.05, 4.69) is 5.32 Å². The number of primary amides is 1. The van der Waals surface area contributed by atoms with Crippen LogP contribution in [0.15, 0.2) is 24.3 Å². The van der Waals surface area contributed by atoms with Gasteiger partial charge in [-0.3, -0.25) is 0 Å². The highest BCUT2D eigenvalue weighted by atomic mass is 19.4. The maximum atomic E-state index is 12.5. The fourth-order valence-electron chi connectivity index (χ4n) is 2.45. The molecule has 0 radical (unpaired) electrons. The Morgan fingerprint density at radius 2 is 2.00 bits per heavy atom. The standard InChI is InChI=1S/C13H16F3N3O/c14-13(15,16)9-3-5-10(6-4-9)19-7-1-2-11(19)8-18-12(17)20/h3-6,11H,1-2,7-8H2,(H3,17,18,20). The van der Waals surface area contributed by atoms with Gasteiger partial charge in [0.2, 0.25) is 0 Å². The molecule has 2 rings (SSSR count). The summed E-state index contributed by atoms with van der Waals surface area (Å²) in [5, 5.41) is 2.54. The summed E-state index contributed by atoms with van der Waals surface area (Å²) in [4.78, 5) is 12.7. The van der Waals surface area contributed by atoms with Crippen LogP contribution in [0.5, 0.6) is 0 Å². The van der Waals surface area contributed by atoms with Crippen molar-refractivity contribution < 1.29 is 18.0 Å². The second-order valence-electron chi connectivity index (χ2n) is 4.78. The lowest BCUT2D eigenvalue weighted by Crippen LogP contribution is -2.42. The van der Waals surface area contributed by atoms with Crippen LogP contribution in [0.4, 0.5) is 23.7 Å². The van der Waals surface area contributed by atoms with E-state index in [4.69, 9.17) is 5.73 Å². The molecule has 4 nitrogen and oxygen atoms in total. The molecule has 7 heteroatoms. The molecule has 1 atom stereocenters. The van der Waals surface area contributed by atoms with Crippen molar-refractivity contribution in [1.29, 1.82) is 0 Å². The number of amides is 2. The Morgan fingerprint density at radius 3 is 2.55 bits per heavy atom. The van der Waals surface area contributed by atoms with Crippen LogP contribution in [0.1, 0.15) is 18.4 Å². The predicted octanol–water partition coefficient (Wildman–Crippen LogP) is 2.34. The van der Waals surface area contributed by atoms with Crippen LogP contribution in [0.2, 0.25) is 0 Å². The van der Waals surface area contributed by atoms with E-state index in [0.717, 1.165) is 37.2 Å². The van der Waals surface area contributed by atoms with Gasteiger partial charge in [-0.25, -0.2) is 4.79 Å². The summed E-state index contributed by atoms with van der Waals surface area (Å²) in [5.74, 6) is 0. The first-order valence-corrected chi connectivity index (χ1v) is 6.35. The third-order valence-corrected chi connectivity index (χ3v) is 3.42. The van der Waals surface area contributed by atoms with Crippen molar-refractivity contribution in [3.05, 3.63) is 29.8 Å². The van der Waals surface area contributed by atoms with E-state index in [-0.39, 0.29) is 6.04 Å². The molecule has 0 bridgehead atoms. The summed E-state index contributed by atoms with van der Waals surface area (Å²) < 4.78 is 37.5. The molecule has 1 saturated heterocycles. The average Bonchev–Trinajstić information content (AvgIpc) is 2.83. The van der Waals surface area contributed by atoms with Crippen LogP contribution in [0.3, 0.4) is 0 Å². The zero-order valence-electron chi connectivity index (χ0n) is 10.8. The number of urea groups is 1. The zero-order chi connectivity index (χ0) is 14.8. The van der Waals surface area contributed by atoms with Gasteiger partial charge in [-0.15, -0.1) is 0 Å². The maximum absolute atomic E-state index is 12.5. The van der Waals surface area contributed by atoms with E-state index in [9.17, 15) is 18.0 Å². The molecule has 0 aromatic heterocycles. The number of hydrogen-bond acceptors (Lipinski definition) is 2. The van der Waals surface area contributed by atoms with Gasteiger partial charge < -0.3 is 16.0 Å². The van der Waals surface area contributed by atoms with E-state index < -0.39 is 17.8 Å². The lowest BCUT2D eigenvalue weighted by molar-refractivity contribution is -0.137. The van der Waals surface area contributed by atoms with Crippen LogP contribution in [-0.2, 0) is 6.18 Å². The normalized spacial score (nSPS) is 19.1. The SMILES string of the molecule is NC(=O)NCC1CCCN1c1ccc(C(F)(F)F)cc1. The molecule has 1 aromatic carbocycles. The van der Waals surface area contributed by atoms with Crippen LogP contribution in [0.25, 0.3) is 0 Å². The lowest BCUT2D eigenvalue weighted by atomic mass is 10.1. The Balaban J connectivity index is 2.08. The number of nitrogens with two attached hydrogens (primary N) is 1. The maximum Gasteiger partial charge on any atom is 0.416 e. The number of carbonyl (C=O) groups is 1. The number of rotatable bonds is 3. The minimum atomic E-state index is -4.32. The van der Waals surface area contributed by atoms with Gasteiger partial charge in [0.25, 0.3) is 0 Å². The molecule has 0 saturated carbocycles. The van der Waals surface area contributed by atoms with Crippen molar-refractivity contribution in [3.8, 4) is 0 Å². The van der Waals surface area contributed by atoms with Gasteiger partial charge in [0.05, 0.1) is 5.56 Å². The van der Waals surface area contributed by atoms with Crippen molar-refractivity contribution in [3.63, 3.8) is 0 Å². The smallest absolute Gasteiger partial charge is 0.367 e. The van der Waals surface area contributed by atoms with Crippen molar-refractivity contribution in [1.82, 2.24) is 5.32 Å². The number of alkyl halides is 3. The number of halogens is 3. The molecule has 1 aliphatic rings. The Morgan fingerprint density at radius 1 is 1.35 bits per heavy atom. The average molecular weight is 287 g/mol. The number of nitrogens with zero attached hydrogens (tertiary/aromatic N) is 1. The minimum absolute atomic E-state index is 0.0687. The fourth-order valence-corrected chi connectivity index (χ4v) is 2.45. The quantitative estimate of drug-likeness (QED) is 0.896. The van der Waals surface area contributed by atoms with E-state index in [1.54, 1.807) is 0 Å². The van der Waals surface area contributed by atoms with E-state index >= 15 is 0 Å². The largest absolute Gasteiger partial charge is 0.416 e. The first-order valence-electron chi connectivity index (χ1n) is 6.35. The Bertz CT molecular complexity index is 473. The van der Waals surface area contributed by atoms with E-state index in [0.29, 0.717) is 6.54 Å². The second-order valence-corrected chi connectivity index (χ2v) is 4.78. The number of benzene rings is 1. The molecule has 1 aliphatic heterocycles.